The smallest absolute Gasteiger partial charge is 0.310 e. The van der Waals surface area contributed by atoms with Crippen molar-refractivity contribution in [3.63, 3.8) is 0 Å². The van der Waals surface area contributed by atoms with E-state index >= 15 is 0 Å². The summed E-state index contributed by atoms with van der Waals surface area (Å²) in [6.07, 6.45) is 2.66. The summed E-state index contributed by atoms with van der Waals surface area (Å²) in [7, 11) is 0. The molecule has 0 spiro atoms. The van der Waals surface area contributed by atoms with Gasteiger partial charge in [0, 0.05) is 17.5 Å². The largest absolute Gasteiger partial charge is 0.453 e. The minimum absolute atomic E-state index is 0.0115. The van der Waals surface area contributed by atoms with Gasteiger partial charge in [0.25, 0.3) is 0 Å². The lowest BCUT2D eigenvalue weighted by molar-refractivity contribution is -0.150. The van der Waals surface area contributed by atoms with E-state index in [0.717, 1.165) is 29.4 Å². The molecule has 25 heavy (non-hydrogen) atoms. The number of carbonyl (C=O) groups excluding carboxylic acids is 1. The van der Waals surface area contributed by atoms with Gasteiger partial charge in [0.05, 0.1) is 11.6 Å². The Labute approximate surface area is 153 Å². The number of nitrogens with zero attached hydrogens (tertiary/aromatic N) is 1. The lowest BCUT2D eigenvalue weighted by atomic mass is 9.89. The number of anilines is 2. The van der Waals surface area contributed by atoms with Crippen LogP contribution in [0.25, 0.3) is 0 Å². The molecule has 2 atom stereocenters. The summed E-state index contributed by atoms with van der Waals surface area (Å²) in [5.74, 6) is 0.510. The van der Waals surface area contributed by atoms with E-state index in [2.05, 4.69) is 43.2 Å². The minimum Gasteiger partial charge on any atom is -0.453 e. The molecule has 4 nitrogen and oxygen atoms in total. The van der Waals surface area contributed by atoms with Gasteiger partial charge in [0.1, 0.15) is 0 Å². The van der Waals surface area contributed by atoms with Crippen molar-refractivity contribution in [3.8, 4) is 0 Å². The summed E-state index contributed by atoms with van der Waals surface area (Å²) >= 11 is 1.54. The Bertz CT molecular complexity index is 738. The summed E-state index contributed by atoms with van der Waals surface area (Å²) < 4.78 is 5.74. The van der Waals surface area contributed by atoms with Crippen LogP contribution in [-0.4, -0.2) is 11.0 Å². The number of esters is 1. The second-order valence-electron chi connectivity index (χ2n) is 7.55. The highest BCUT2D eigenvalue weighted by molar-refractivity contribution is 7.13. The summed E-state index contributed by atoms with van der Waals surface area (Å²) in [5, 5.41) is 6.14. The summed E-state index contributed by atoms with van der Waals surface area (Å²) in [5.41, 5.74) is 2.47. The zero-order valence-electron chi connectivity index (χ0n) is 15.3. The van der Waals surface area contributed by atoms with Gasteiger partial charge in [0.2, 0.25) is 0 Å². The molecule has 1 N–H and O–H groups in total. The number of nitrogens with one attached hydrogen (secondary N) is 1. The van der Waals surface area contributed by atoms with Crippen molar-refractivity contribution < 1.29 is 9.53 Å². The van der Waals surface area contributed by atoms with Crippen LogP contribution in [0, 0.1) is 18.8 Å². The molecule has 0 aliphatic carbocycles. The first-order chi connectivity index (χ1) is 11.9. The number of ether oxygens (including phenoxy) is 1. The van der Waals surface area contributed by atoms with Crippen molar-refractivity contribution in [2.24, 2.45) is 11.8 Å². The fourth-order valence-electron chi connectivity index (χ4n) is 3.15. The van der Waals surface area contributed by atoms with Gasteiger partial charge in [-0.05, 0) is 38.3 Å². The zero-order chi connectivity index (χ0) is 18.0. The molecule has 0 saturated carbocycles. The van der Waals surface area contributed by atoms with Crippen molar-refractivity contribution in [3.05, 3.63) is 40.9 Å². The molecule has 2 heterocycles. The van der Waals surface area contributed by atoms with Crippen molar-refractivity contribution in [1.29, 1.82) is 0 Å². The molecule has 1 fully saturated rings. The first-order valence-electron chi connectivity index (χ1n) is 8.88. The first kappa shape index (κ1) is 17.9. The van der Waals surface area contributed by atoms with Gasteiger partial charge < -0.3 is 10.1 Å². The average molecular weight is 359 g/mol. The topological polar surface area (TPSA) is 51.2 Å². The molecule has 1 aromatic heterocycles. The number of hydrogen-bond acceptors (Lipinski definition) is 5. The van der Waals surface area contributed by atoms with Crippen LogP contribution in [0.3, 0.4) is 0 Å². The maximum absolute atomic E-state index is 12.2. The van der Waals surface area contributed by atoms with Crippen LogP contribution < -0.4 is 5.32 Å². The number of rotatable bonds is 6. The molecule has 134 valence electrons. The lowest BCUT2D eigenvalue weighted by Crippen LogP contribution is -2.21. The van der Waals surface area contributed by atoms with Gasteiger partial charge in [-0.1, -0.05) is 38.0 Å². The van der Waals surface area contributed by atoms with Crippen LogP contribution in [-0.2, 0) is 15.1 Å². The third kappa shape index (κ3) is 4.21. The fourth-order valence-corrected chi connectivity index (χ4v) is 4.00. The highest BCUT2D eigenvalue weighted by atomic mass is 32.1. The van der Waals surface area contributed by atoms with Crippen LogP contribution in [0.2, 0.25) is 0 Å². The Kier molecular flexibility index (Phi) is 5.13. The van der Waals surface area contributed by atoms with E-state index in [1.807, 2.05) is 24.4 Å². The van der Waals surface area contributed by atoms with Crippen molar-refractivity contribution >= 4 is 28.1 Å². The Morgan fingerprint density at radius 2 is 2.08 bits per heavy atom. The van der Waals surface area contributed by atoms with Gasteiger partial charge in [-0.15, -0.1) is 11.3 Å². The van der Waals surface area contributed by atoms with Gasteiger partial charge in [0.15, 0.2) is 10.7 Å². The average Bonchev–Trinajstić information content (AvgIpc) is 3.13. The van der Waals surface area contributed by atoms with E-state index in [1.165, 1.54) is 5.56 Å². The molecule has 0 radical (unpaired) electrons. The number of cyclic esters (lactones) is 1. The molecule has 5 heteroatoms. The number of benzene rings is 1. The van der Waals surface area contributed by atoms with Crippen LogP contribution in [0.15, 0.2) is 29.6 Å². The maximum atomic E-state index is 12.2. The number of carbonyl (C=O) groups is 1. The Hall–Kier alpha value is -1.88. The van der Waals surface area contributed by atoms with E-state index in [-0.39, 0.29) is 11.9 Å². The van der Waals surface area contributed by atoms with Crippen LogP contribution in [0.5, 0.6) is 0 Å². The highest BCUT2D eigenvalue weighted by Gasteiger charge is 2.45. The van der Waals surface area contributed by atoms with Crippen LogP contribution in [0.1, 0.15) is 51.3 Å². The number of aryl methyl sites for hydroxylation is 1. The molecule has 2 aromatic rings. The van der Waals surface area contributed by atoms with E-state index in [1.54, 1.807) is 11.3 Å². The summed E-state index contributed by atoms with van der Waals surface area (Å²) in [6.45, 7) is 8.41. The molecular weight excluding hydrogens is 332 g/mol. The minimum atomic E-state index is -0.609. The Morgan fingerprint density at radius 3 is 2.76 bits per heavy atom. The van der Waals surface area contributed by atoms with E-state index in [0.29, 0.717) is 12.3 Å². The number of aromatic nitrogens is 1. The Balaban J connectivity index is 1.68. The van der Waals surface area contributed by atoms with Gasteiger partial charge in [-0.2, -0.15) is 0 Å². The van der Waals surface area contributed by atoms with Crippen LogP contribution in [0.4, 0.5) is 10.8 Å². The Morgan fingerprint density at radius 1 is 1.36 bits per heavy atom. The second kappa shape index (κ2) is 7.16. The molecule has 0 amide bonds. The maximum Gasteiger partial charge on any atom is 0.310 e. The van der Waals surface area contributed by atoms with Gasteiger partial charge in [-0.3, -0.25) is 4.79 Å². The number of thiazole rings is 1. The monoisotopic (exact) mass is 358 g/mol. The zero-order valence-corrected chi connectivity index (χ0v) is 16.2. The molecule has 1 aliphatic rings. The molecule has 3 rings (SSSR count). The predicted octanol–water partition coefficient (Wildman–Crippen LogP) is 5.41. The first-order valence-corrected chi connectivity index (χ1v) is 9.76. The quantitative estimate of drug-likeness (QED) is 0.702. The molecule has 0 unspecified atom stereocenters. The SMILES string of the molecule is Cc1ccc(Nc2nc([C@@]3(C)C[C@H](CCC(C)C)C(=O)O3)cs2)cc1. The molecular formula is C20H26N2O2S. The fraction of sp³-hybridized carbons (Fsp3) is 0.500. The highest BCUT2D eigenvalue weighted by Crippen LogP contribution is 2.42. The second-order valence-corrected chi connectivity index (χ2v) is 8.41. The van der Waals surface area contributed by atoms with E-state index in [9.17, 15) is 4.79 Å². The van der Waals surface area contributed by atoms with Gasteiger partial charge >= 0.3 is 5.97 Å². The summed E-state index contributed by atoms with van der Waals surface area (Å²) in [4.78, 5) is 16.9. The number of hydrogen-bond donors (Lipinski definition) is 1. The van der Waals surface area contributed by atoms with E-state index in [4.69, 9.17) is 4.74 Å². The third-order valence-electron chi connectivity index (χ3n) is 4.74. The van der Waals surface area contributed by atoms with Gasteiger partial charge in [-0.25, -0.2) is 4.98 Å². The van der Waals surface area contributed by atoms with Crippen molar-refractivity contribution in [1.82, 2.24) is 4.98 Å². The molecule has 0 bridgehead atoms. The van der Waals surface area contributed by atoms with E-state index < -0.39 is 5.60 Å². The lowest BCUT2D eigenvalue weighted by Gasteiger charge is -2.20. The normalized spacial score (nSPS) is 23.1. The third-order valence-corrected chi connectivity index (χ3v) is 5.49. The standard InChI is InChI=1S/C20H26N2O2S/c1-13(2)5-8-15-11-20(4,24-18(15)23)17-12-25-19(22-17)21-16-9-6-14(3)7-10-16/h6-7,9-10,12-13,15H,5,8,11H2,1-4H3,(H,21,22)/t15-,20+/m0/s1. The molecule has 1 aromatic carbocycles. The molecule has 1 aliphatic heterocycles. The van der Waals surface area contributed by atoms with Crippen molar-refractivity contribution in [2.45, 2.75) is 52.6 Å². The van der Waals surface area contributed by atoms with Crippen molar-refractivity contribution in [2.75, 3.05) is 5.32 Å². The summed E-state index contributed by atoms with van der Waals surface area (Å²) in [6, 6.07) is 8.21. The predicted molar refractivity (Wildman–Crippen MR) is 102 cm³/mol. The van der Waals surface area contributed by atoms with Crippen LogP contribution >= 0.6 is 11.3 Å². The molecule has 1 saturated heterocycles.